The second kappa shape index (κ2) is 7.29. The van der Waals surface area contributed by atoms with Gasteiger partial charge in [-0.2, -0.15) is 13.2 Å². The van der Waals surface area contributed by atoms with E-state index in [1.165, 1.54) is 17.0 Å². The van der Waals surface area contributed by atoms with Crippen molar-refractivity contribution in [2.75, 3.05) is 18.9 Å². The average Bonchev–Trinajstić information content (AvgIpc) is 2.51. The topological polar surface area (TPSA) is 49.4 Å². The number of carbonyl (C=O) groups is 2. The van der Waals surface area contributed by atoms with Crippen molar-refractivity contribution in [2.24, 2.45) is 0 Å². The van der Waals surface area contributed by atoms with Gasteiger partial charge in [-0.05, 0) is 24.6 Å². The summed E-state index contributed by atoms with van der Waals surface area (Å²) in [5, 5.41) is 2.41. The van der Waals surface area contributed by atoms with Gasteiger partial charge in [-0.15, -0.1) is 0 Å². The molecule has 1 N–H and O–H groups in total. The van der Waals surface area contributed by atoms with Gasteiger partial charge in [0.25, 0.3) is 5.91 Å². The van der Waals surface area contributed by atoms with Crippen LogP contribution in [0.5, 0.6) is 0 Å². The van der Waals surface area contributed by atoms with Gasteiger partial charge in [0, 0.05) is 24.6 Å². The van der Waals surface area contributed by atoms with E-state index in [2.05, 4.69) is 5.32 Å². The van der Waals surface area contributed by atoms with Crippen molar-refractivity contribution in [3.63, 3.8) is 0 Å². The Bertz CT molecular complexity index is 686. The molecule has 0 saturated heterocycles. The molecule has 130 valence electrons. The number of halogens is 3. The molecule has 0 aliphatic carbocycles. The smallest absolute Gasteiger partial charge is 0.342 e. The lowest BCUT2D eigenvalue weighted by atomic mass is 10.2. The molecule has 1 aromatic rings. The minimum absolute atomic E-state index is 0.101. The molecule has 8 heteroatoms. The summed E-state index contributed by atoms with van der Waals surface area (Å²) in [6.07, 6.45) is -1.46. The molecule has 0 atom stereocenters. The van der Waals surface area contributed by atoms with E-state index in [4.69, 9.17) is 0 Å². The van der Waals surface area contributed by atoms with Gasteiger partial charge in [0.15, 0.2) is 0 Å². The number of hydrogen-bond donors (Lipinski definition) is 1. The van der Waals surface area contributed by atoms with Crippen molar-refractivity contribution in [2.45, 2.75) is 30.8 Å². The maximum Gasteiger partial charge on any atom is 0.416 e. The van der Waals surface area contributed by atoms with Crippen LogP contribution in [0.3, 0.4) is 0 Å². The molecule has 4 nitrogen and oxygen atoms in total. The molecule has 1 aromatic carbocycles. The van der Waals surface area contributed by atoms with Gasteiger partial charge in [0.05, 0.1) is 16.2 Å². The number of thioether (sulfide) groups is 1. The van der Waals surface area contributed by atoms with Crippen molar-refractivity contribution in [3.05, 3.63) is 34.7 Å². The first kappa shape index (κ1) is 18.4. The van der Waals surface area contributed by atoms with E-state index in [0.717, 1.165) is 36.7 Å². The number of fused-ring (bicyclic) bond motifs is 1. The average molecular weight is 358 g/mol. The van der Waals surface area contributed by atoms with Crippen LogP contribution < -0.4 is 5.32 Å². The van der Waals surface area contributed by atoms with E-state index in [0.29, 0.717) is 11.4 Å². The molecule has 0 fully saturated rings. The summed E-state index contributed by atoms with van der Waals surface area (Å²) in [6.45, 7) is 2.59. The highest BCUT2D eigenvalue weighted by molar-refractivity contribution is 8.04. The predicted molar refractivity (Wildman–Crippen MR) is 86.6 cm³/mol. The normalized spacial score (nSPS) is 15.9. The third-order valence-electron chi connectivity index (χ3n) is 3.48. The quantitative estimate of drug-likeness (QED) is 0.831. The van der Waals surface area contributed by atoms with Crippen molar-refractivity contribution in [3.8, 4) is 0 Å². The maximum absolute atomic E-state index is 12.7. The Morgan fingerprint density at radius 2 is 2.08 bits per heavy atom. The Hall–Kier alpha value is -1.96. The van der Waals surface area contributed by atoms with Crippen LogP contribution in [0.1, 0.15) is 25.3 Å². The first-order valence-electron chi connectivity index (χ1n) is 7.39. The summed E-state index contributed by atoms with van der Waals surface area (Å²) in [5.74, 6) is -0.888. The molecular formula is C16H17F3N2O2S. The Kier molecular flexibility index (Phi) is 5.58. The molecule has 0 spiro atoms. The number of nitrogens with zero attached hydrogens (tertiary/aromatic N) is 1. The summed E-state index contributed by atoms with van der Waals surface area (Å²) >= 11 is 0.988. The van der Waals surface area contributed by atoms with Crippen LogP contribution >= 0.6 is 11.8 Å². The largest absolute Gasteiger partial charge is 0.416 e. The third kappa shape index (κ3) is 4.31. The number of alkyl halides is 3. The Morgan fingerprint density at radius 1 is 1.38 bits per heavy atom. The van der Waals surface area contributed by atoms with Gasteiger partial charge in [-0.25, -0.2) is 0 Å². The lowest BCUT2D eigenvalue weighted by Crippen LogP contribution is -2.27. The molecule has 1 aliphatic rings. The fourth-order valence-corrected chi connectivity index (χ4v) is 2.96. The molecule has 1 heterocycles. The summed E-state index contributed by atoms with van der Waals surface area (Å²) in [6, 6.07) is 3.14. The Morgan fingerprint density at radius 3 is 2.71 bits per heavy atom. The predicted octanol–water partition coefficient (Wildman–Crippen LogP) is 3.89. The number of benzene rings is 1. The Balaban J connectivity index is 2.19. The van der Waals surface area contributed by atoms with Crippen LogP contribution in [-0.2, 0) is 15.8 Å². The van der Waals surface area contributed by atoms with E-state index in [1.54, 1.807) is 7.05 Å². The molecule has 2 rings (SSSR count). The van der Waals surface area contributed by atoms with E-state index in [1.807, 2.05) is 6.92 Å². The zero-order valence-electron chi connectivity index (χ0n) is 13.2. The highest BCUT2D eigenvalue weighted by atomic mass is 32.2. The SMILES string of the molecule is CCCCN(C)C(=O)C=C1Sc2ccc(C(F)(F)F)cc2NC1=O. The van der Waals surface area contributed by atoms with Gasteiger partial charge >= 0.3 is 6.18 Å². The zero-order valence-corrected chi connectivity index (χ0v) is 14.1. The Labute approximate surface area is 142 Å². The van der Waals surface area contributed by atoms with Gasteiger partial charge in [0.2, 0.25) is 5.91 Å². The highest BCUT2D eigenvalue weighted by Gasteiger charge is 2.32. The first-order chi connectivity index (χ1) is 11.2. The number of hydrogen-bond acceptors (Lipinski definition) is 3. The number of unbranched alkanes of at least 4 members (excludes halogenated alkanes) is 1. The van der Waals surface area contributed by atoms with E-state index in [9.17, 15) is 22.8 Å². The van der Waals surface area contributed by atoms with Gasteiger partial charge in [-0.1, -0.05) is 25.1 Å². The fraction of sp³-hybridized carbons (Fsp3) is 0.375. The number of likely N-dealkylation sites (N-methyl/N-ethyl adjacent to an activating group) is 1. The third-order valence-corrected chi connectivity index (χ3v) is 4.58. The van der Waals surface area contributed by atoms with Crippen LogP contribution in [0, 0.1) is 0 Å². The molecule has 0 radical (unpaired) electrons. The summed E-state index contributed by atoms with van der Waals surface area (Å²) < 4.78 is 38.1. The lowest BCUT2D eigenvalue weighted by molar-refractivity contribution is -0.137. The number of amides is 2. The number of nitrogens with one attached hydrogen (secondary N) is 1. The second-order valence-corrected chi connectivity index (χ2v) is 6.47. The molecule has 0 bridgehead atoms. The summed E-state index contributed by atoms with van der Waals surface area (Å²) in [4.78, 5) is 26.2. The van der Waals surface area contributed by atoms with Crippen molar-refractivity contribution < 1.29 is 22.8 Å². The fourth-order valence-electron chi connectivity index (χ4n) is 2.06. The number of carbonyl (C=O) groups excluding carboxylic acids is 2. The molecule has 0 unspecified atom stereocenters. The van der Waals surface area contributed by atoms with Crippen molar-refractivity contribution in [1.29, 1.82) is 0 Å². The van der Waals surface area contributed by atoms with E-state index in [-0.39, 0.29) is 16.5 Å². The van der Waals surface area contributed by atoms with Gasteiger partial charge in [0.1, 0.15) is 0 Å². The molecule has 24 heavy (non-hydrogen) atoms. The van der Waals surface area contributed by atoms with Crippen LogP contribution in [0.2, 0.25) is 0 Å². The minimum atomic E-state index is -4.47. The molecular weight excluding hydrogens is 341 g/mol. The second-order valence-electron chi connectivity index (χ2n) is 5.39. The molecule has 0 aromatic heterocycles. The van der Waals surface area contributed by atoms with E-state index < -0.39 is 17.6 Å². The summed E-state index contributed by atoms with van der Waals surface area (Å²) in [7, 11) is 1.64. The standard InChI is InChI=1S/C16H17F3N2O2S/c1-3-4-7-21(2)14(22)9-13-15(23)20-11-8-10(16(17,18)19)5-6-12(11)24-13/h5-6,8-9H,3-4,7H2,1-2H3,(H,20,23). The number of rotatable bonds is 4. The van der Waals surface area contributed by atoms with Crippen LogP contribution in [-0.4, -0.2) is 30.3 Å². The first-order valence-corrected chi connectivity index (χ1v) is 8.21. The number of anilines is 1. The van der Waals surface area contributed by atoms with E-state index >= 15 is 0 Å². The van der Waals surface area contributed by atoms with Gasteiger partial charge in [-0.3, -0.25) is 9.59 Å². The van der Waals surface area contributed by atoms with Crippen LogP contribution in [0.4, 0.5) is 18.9 Å². The van der Waals surface area contributed by atoms with Gasteiger partial charge < -0.3 is 10.2 Å². The lowest BCUT2D eigenvalue weighted by Gasteiger charge is -2.21. The van der Waals surface area contributed by atoms with Crippen molar-refractivity contribution >= 4 is 29.3 Å². The molecule has 2 amide bonds. The zero-order chi connectivity index (χ0) is 17.9. The van der Waals surface area contributed by atoms with Crippen molar-refractivity contribution in [1.82, 2.24) is 4.90 Å². The highest BCUT2D eigenvalue weighted by Crippen LogP contribution is 2.41. The van der Waals surface area contributed by atoms with Crippen LogP contribution in [0.25, 0.3) is 0 Å². The molecule has 1 aliphatic heterocycles. The molecule has 0 saturated carbocycles. The minimum Gasteiger partial charge on any atom is -0.342 e. The van der Waals surface area contributed by atoms with Crippen LogP contribution in [0.15, 0.2) is 34.1 Å². The summed E-state index contributed by atoms with van der Waals surface area (Å²) in [5.41, 5.74) is -0.728. The monoisotopic (exact) mass is 358 g/mol. The maximum atomic E-state index is 12.7.